The minimum atomic E-state index is -1.89. The number of hydrogen-bond donors (Lipinski definition) is 0. The molecule has 5 heteroatoms. The average molecular weight is 436 g/mol. The zero-order chi connectivity index (χ0) is 16.2. The number of Topliss-reactive ketones (excluding diaryl/α,β-unsaturated/α-hetero) is 1. The van der Waals surface area contributed by atoms with Crippen LogP contribution in [0.1, 0.15) is 34.1 Å². The van der Waals surface area contributed by atoms with Gasteiger partial charge in [-0.3, -0.25) is 4.79 Å². The third-order valence-corrected chi connectivity index (χ3v) is 10.2. The molecule has 118 valence electrons. The van der Waals surface area contributed by atoms with Gasteiger partial charge in [0.05, 0.1) is 14.6 Å². The summed E-state index contributed by atoms with van der Waals surface area (Å²) >= 11 is 6.81. The number of halogens is 2. The quantitative estimate of drug-likeness (QED) is 0.527. The van der Waals surface area contributed by atoms with Crippen molar-refractivity contribution in [2.75, 3.05) is 0 Å². The molecule has 1 unspecified atom stereocenters. The van der Waals surface area contributed by atoms with Crippen molar-refractivity contribution in [3.8, 4) is 0 Å². The molecule has 0 aromatic rings. The summed E-state index contributed by atoms with van der Waals surface area (Å²) in [6.45, 7) is 13.2. The van der Waals surface area contributed by atoms with Gasteiger partial charge < -0.3 is 4.43 Å². The van der Waals surface area contributed by atoms with Gasteiger partial charge in [-0.15, -0.1) is 0 Å². The maximum atomic E-state index is 12.7. The normalized spacial score (nSPS) is 32.2. The van der Waals surface area contributed by atoms with Gasteiger partial charge in [0.25, 0.3) is 0 Å². The molecule has 0 N–H and O–H groups in total. The molecule has 2 nitrogen and oxygen atoms in total. The largest absolute Gasteiger partial charge is 0.546 e. The smallest absolute Gasteiger partial charge is 0.250 e. The summed E-state index contributed by atoms with van der Waals surface area (Å²) in [4.78, 5) is 12.7. The van der Waals surface area contributed by atoms with Gasteiger partial charge in [-0.2, -0.15) is 0 Å². The minimum absolute atomic E-state index is 0.0279. The number of carbonyl (C=O) groups excluding carboxylic acids is 1. The molecule has 0 amide bonds. The summed E-state index contributed by atoms with van der Waals surface area (Å²) in [7, 11) is -1.89. The minimum Gasteiger partial charge on any atom is -0.546 e. The number of allylic oxidation sites excluding steroid dienone is 3. The highest BCUT2D eigenvalue weighted by Crippen LogP contribution is 2.56. The van der Waals surface area contributed by atoms with Gasteiger partial charge in [-0.05, 0) is 75.3 Å². The molecule has 0 heterocycles. The van der Waals surface area contributed by atoms with Gasteiger partial charge >= 0.3 is 0 Å². The maximum Gasteiger partial charge on any atom is 0.250 e. The van der Waals surface area contributed by atoms with Gasteiger partial charge in [0.1, 0.15) is 0 Å². The third-order valence-electron chi connectivity index (χ3n) is 5.34. The van der Waals surface area contributed by atoms with Crippen LogP contribution in [0, 0.1) is 17.3 Å². The van der Waals surface area contributed by atoms with Gasteiger partial charge in [0.15, 0.2) is 5.78 Å². The highest BCUT2D eigenvalue weighted by molar-refractivity contribution is 9.28. The molecule has 21 heavy (non-hydrogen) atoms. The summed E-state index contributed by atoms with van der Waals surface area (Å²) in [5.74, 6) is 1.49. The van der Waals surface area contributed by atoms with E-state index in [9.17, 15) is 4.79 Å². The third kappa shape index (κ3) is 2.98. The van der Waals surface area contributed by atoms with E-state index in [2.05, 4.69) is 77.9 Å². The van der Waals surface area contributed by atoms with Crippen LogP contribution in [-0.4, -0.2) is 14.1 Å². The first-order valence-electron chi connectivity index (χ1n) is 7.37. The topological polar surface area (TPSA) is 26.3 Å². The lowest BCUT2D eigenvalue weighted by Gasteiger charge is -2.40. The molecule has 0 aromatic heterocycles. The number of fused-ring (bicyclic) bond motifs is 2. The second kappa shape index (κ2) is 5.34. The summed E-state index contributed by atoms with van der Waals surface area (Å²) in [6, 6.07) is 0. The Morgan fingerprint density at radius 3 is 2.38 bits per heavy atom. The molecule has 2 rings (SSSR count). The molecular formula is C16H24Br2O2Si. The van der Waals surface area contributed by atoms with Crippen molar-refractivity contribution in [1.29, 1.82) is 0 Å². The Morgan fingerprint density at radius 1 is 1.43 bits per heavy atom. The Kier molecular flexibility index (Phi) is 4.45. The van der Waals surface area contributed by atoms with E-state index in [1.807, 2.05) is 6.92 Å². The van der Waals surface area contributed by atoms with Crippen molar-refractivity contribution in [2.24, 2.45) is 17.3 Å². The zero-order valence-corrected chi connectivity index (χ0v) is 17.8. The van der Waals surface area contributed by atoms with Crippen LogP contribution in [-0.2, 0) is 9.22 Å². The first kappa shape index (κ1) is 17.5. The van der Waals surface area contributed by atoms with Crippen LogP contribution in [0.3, 0.4) is 0 Å². The fourth-order valence-electron chi connectivity index (χ4n) is 2.93. The number of carbonyl (C=O) groups is 1. The molecule has 1 saturated carbocycles. The number of hydrogen-bond acceptors (Lipinski definition) is 2. The second-order valence-electron chi connectivity index (χ2n) is 7.94. The number of rotatable bonds is 3. The monoisotopic (exact) mass is 434 g/mol. The van der Waals surface area contributed by atoms with Crippen molar-refractivity contribution in [2.45, 2.75) is 52.2 Å². The summed E-state index contributed by atoms with van der Waals surface area (Å²) in [6.07, 6.45) is 5.02. The predicted molar refractivity (Wildman–Crippen MR) is 97.0 cm³/mol. The Bertz CT molecular complexity index is 527. The van der Waals surface area contributed by atoms with Crippen molar-refractivity contribution >= 4 is 46.0 Å². The van der Waals surface area contributed by atoms with Crippen molar-refractivity contribution in [3.63, 3.8) is 0 Å². The first-order chi connectivity index (χ1) is 9.38. The summed E-state index contributed by atoms with van der Waals surface area (Å²) < 4.78 is 7.38. The highest BCUT2D eigenvalue weighted by atomic mass is 79.9. The van der Waals surface area contributed by atoms with Gasteiger partial charge in [0, 0.05) is 5.92 Å². The standard InChI is InChI=1S/C16H24Br2O2Si/c1-15(2,3)21(5,6)20-12-8-11-10(7-13(17)18)9-16(12,4)14(11)19/h7-8,10-11H,9H2,1-6H3/t10?,11-,16-/m0/s1. The first-order valence-corrected chi connectivity index (χ1v) is 11.9. The van der Waals surface area contributed by atoms with E-state index in [0.717, 1.165) is 15.6 Å². The van der Waals surface area contributed by atoms with E-state index in [-0.39, 0.29) is 16.9 Å². The van der Waals surface area contributed by atoms with E-state index in [1.165, 1.54) is 0 Å². The SMILES string of the molecule is CC(C)(C)[Si](C)(C)OC1=C[C@@H]2C(=O)[C@@]1(C)CC2C=C(Br)Br. The summed E-state index contributed by atoms with van der Waals surface area (Å²) in [5.41, 5.74) is -0.434. The second-order valence-corrected chi connectivity index (χ2v) is 15.4. The van der Waals surface area contributed by atoms with Gasteiger partial charge in [0.2, 0.25) is 8.32 Å². The van der Waals surface area contributed by atoms with Gasteiger partial charge in [-0.1, -0.05) is 26.8 Å². The zero-order valence-electron chi connectivity index (χ0n) is 13.6. The molecule has 2 bridgehead atoms. The average Bonchev–Trinajstić information content (AvgIpc) is 2.63. The molecule has 0 radical (unpaired) electrons. The van der Waals surface area contributed by atoms with Crippen LogP contribution in [0.4, 0.5) is 0 Å². The van der Waals surface area contributed by atoms with Crippen molar-refractivity contribution in [3.05, 3.63) is 21.3 Å². The maximum absolute atomic E-state index is 12.7. The number of ketones is 1. The van der Waals surface area contributed by atoms with Crippen LogP contribution in [0.5, 0.6) is 0 Å². The molecular weight excluding hydrogens is 412 g/mol. The molecule has 0 aliphatic heterocycles. The lowest BCUT2D eigenvalue weighted by Crippen LogP contribution is -2.42. The Morgan fingerprint density at radius 2 is 2.00 bits per heavy atom. The fraction of sp³-hybridized carbons (Fsp3) is 0.688. The Hall–Kier alpha value is 0.127. The van der Waals surface area contributed by atoms with E-state index in [1.54, 1.807) is 0 Å². The highest BCUT2D eigenvalue weighted by Gasteiger charge is 2.58. The van der Waals surface area contributed by atoms with Crippen molar-refractivity contribution in [1.82, 2.24) is 0 Å². The lowest BCUT2D eigenvalue weighted by atomic mass is 9.84. The predicted octanol–water partition coefficient (Wildman–Crippen LogP) is 5.75. The van der Waals surface area contributed by atoms with Crippen LogP contribution >= 0.6 is 31.9 Å². The molecule has 2 aliphatic carbocycles. The van der Waals surface area contributed by atoms with Crippen molar-refractivity contribution < 1.29 is 9.22 Å². The molecule has 3 atom stereocenters. The fourth-order valence-corrected chi connectivity index (χ4v) is 4.76. The lowest BCUT2D eigenvalue weighted by molar-refractivity contribution is -0.125. The van der Waals surface area contributed by atoms with E-state index < -0.39 is 13.7 Å². The van der Waals surface area contributed by atoms with E-state index in [0.29, 0.717) is 5.78 Å². The van der Waals surface area contributed by atoms with Gasteiger partial charge in [-0.25, -0.2) is 0 Å². The van der Waals surface area contributed by atoms with Crippen LogP contribution in [0.15, 0.2) is 21.3 Å². The van der Waals surface area contributed by atoms with Crippen LogP contribution in [0.25, 0.3) is 0 Å². The Labute approximate surface area is 145 Å². The molecule has 0 aromatic carbocycles. The molecule has 1 fully saturated rings. The molecule has 2 aliphatic rings. The summed E-state index contributed by atoms with van der Waals surface area (Å²) in [5, 5.41) is 0.146. The molecule has 0 saturated heterocycles. The van der Waals surface area contributed by atoms with Crippen LogP contribution in [0.2, 0.25) is 18.1 Å². The van der Waals surface area contributed by atoms with Crippen LogP contribution < -0.4 is 0 Å². The van der Waals surface area contributed by atoms with E-state index in [4.69, 9.17) is 4.43 Å². The van der Waals surface area contributed by atoms with E-state index >= 15 is 0 Å². The molecule has 0 spiro atoms. The Balaban J connectivity index is 2.28.